The minimum absolute atomic E-state index is 0.0615. The van der Waals surface area contributed by atoms with Crippen molar-refractivity contribution < 1.29 is 9.59 Å². The highest BCUT2D eigenvalue weighted by Crippen LogP contribution is 2.56. The molecule has 22 heavy (non-hydrogen) atoms. The van der Waals surface area contributed by atoms with E-state index in [1.165, 1.54) is 0 Å². The van der Waals surface area contributed by atoms with Gasteiger partial charge in [0.15, 0.2) is 4.87 Å². The molecule has 0 N–H and O–H groups in total. The predicted octanol–water partition coefficient (Wildman–Crippen LogP) is 3.12. The Kier molecular flexibility index (Phi) is 3.93. The topological polar surface area (TPSA) is 40.6 Å². The summed E-state index contributed by atoms with van der Waals surface area (Å²) >= 11 is 1.55. The number of likely N-dealkylation sites (N-methyl/N-ethyl adjacent to an activating group) is 1. The fourth-order valence-electron chi connectivity index (χ4n) is 3.33. The van der Waals surface area contributed by atoms with E-state index >= 15 is 0 Å². The molecule has 5 heteroatoms. The molecule has 0 aromatic heterocycles. The summed E-state index contributed by atoms with van der Waals surface area (Å²) in [6.45, 7) is 7.64. The van der Waals surface area contributed by atoms with Crippen LogP contribution in [0, 0.1) is 5.92 Å². The first kappa shape index (κ1) is 15.4. The summed E-state index contributed by atoms with van der Waals surface area (Å²) in [5.41, 5.74) is 0.893. The predicted molar refractivity (Wildman–Crippen MR) is 88.8 cm³/mol. The SMILES string of the molecule is CCN(CC(C)C)C(=O)C12CCC(=O)N1c1ccccc1S2. The number of para-hydroxylation sites is 1. The highest BCUT2D eigenvalue weighted by Gasteiger charge is 2.58. The second-order valence-electron chi connectivity index (χ2n) is 6.32. The second-order valence-corrected chi connectivity index (χ2v) is 7.64. The maximum Gasteiger partial charge on any atom is 0.259 e. The van der Waals surface area contributed by atoms with Crippen molar-refractivity contribution in [2.24, 2.45) is 5.92 Å². The van der Waals surface area contributed by atoms with Gasteiger partial charge in [-0.05, 0) is 31.4 Å². The Morgan fingerprint density at radius 1 is 1.41 bits per heavy atom. The third-order valence-electron chi connectivity index (χ3n) is 4.26. The molecule has 1 aromatic rings. The summed E-state index contributed by atoms with van der Waals surface area (Å²) in [6.07, 6.45) is 1.05. The molecule has 0 aliphatic carbocycles. The minimum Gasteiger partial charge on any atom is -0.340 e. The van der Waals surface area contributed by atoms with Crippen molar-refractivity contribution in [2.75, 3.05) is 18.0 Å². The van der Waals surface area contributed by atoms with Crippen LogP contribution in [0.25, 0.3) is 0 Å². The van der Waals surface area contributed by atoms with Gasteiger partial charge in [0, 0.05) is 24.4 Å². The molecule has 1 atom stereocenters. The fraction of sp³-hybridized carbons (Fsp3) is 0.529. The van der Waals surface area contributed by atoms with Crippen molar-refractivity contribution in [3.63, 3.8) is 0 Å². The smallest absolute Gasteiger partial charge is 0.259 e. The largest absolute Gasteiger partial charge is 0.340 e. The van der Waals surface area contributed by atoms with Gasteiger partial charge in [0.05, 0.1) is 5.69 Å². The zero-order chi connectivity index (χ0) is 15.9. The molecule has 1 aromatic carbocycles. The Morgan fingerprint density at radius 2 is 2.14 bits per heavy atom. The molecule has 1 saturated heterocycles. The number of hydrogen-bond acceptors (Lipinski definition) is 3. The highest BCUT2D eigenvalue weighted by molar-refractivity contribution is 8.02. The number of hydrogen-bond donors (Lipinski definition) is 0. The van der Waals surface area contributed by atoms with Crippen LogP contribution >= 0.6 is 11.8 Å². The van der Waals surface area contributed by atoms with Crippen LogP contribution in [0.4, 0.5) is 5.69 Å². The van der Waals surface area contributed by atoms with Gasteiger partial charge in [-0.3, -0.25) is 14.5 Å². The van der Waals surface area contributed by atoms with Crippen molar-refractivity contribution in [1.29, 1.82) is 0 Å². The summed E-state index contributed by atoms with van der Waals surface area (Å²) in [5.74, 6) is 0.557. The van der Waals surface area contributed by atoms with Crippen molar-refractivity contribution >= 4 is 29.3 Å². The van der Waals surface area contributed by atoms with E-state index in [0.717, 1.165) is 17.1 Å². The van der Waals surface area contributed by atoms with Gasteiger partial charge >= 0.3 is 0 Å². The van der Waals surface area contributed by atoms with Crippen LogP contribution in [0.2, 0.25) is 0 Å². The van der Waals surface area contributed by atoms with E-state index in [-0.39, 0.29) is 11.8 Å². The molecule has 3 rings (SSSR count). The number of amides is 2. The molecule has 2 heterocycles. The molecule has 0 bridgehead atoms. The number of fused-ring (bicyclic) bond motifs is 3. The third kappa shape index (κ3) is 2.22. The van der Waals surface area contributed by atoms with Gasteiger partial charge in [0.2, 0.25) is 5.91 Å². The summed E-state index contributed by atoms with van der Waals surface area (Å²) in [7, 11) is 0. The number of benzene rings is 1. The Labute approximate surface area is 135 Å². The fourth-order valence-corrected chi connectivity index (χ4v) is 4.81. The molecule has 2 aliphatic rings. The molecular formula is C17H22N2O2S. The number of rotatable bonds is 4. The van der Waals surface area contributed by atoms with Crippen molar-refractivity contribution in [3.8, 4) is 0 Å². The lowest BCUT2D eigenvalue weighted by Gasteiger charge is -2.35. The first-order valence-electron chi connectivity index (χ1n) is 7.90. The van der Waals surface area contributed by atoms with Crippen molar-refractivity contribution in [1.82, 2.24) is 4.90 Å². The maximum absolute atomic E-state index is 13.2. The summed E-state index contributed by atoms with van der Waals surface area (Å²) < 4.78 is 0. The Bertz CT molecular complexity index is 616. The molecule has 2 amide bonds. The molecule has 118 valence electrons. The average molecular weight is 318 g/mol. The van der Waals surface area contributed by atoms with E-state index in [9.17, 15) is 9.59 Å². The normalized spacial score (nSPS) is 22.9. The van der Waals surface area contributed by atoms with Gasteiger partial charge in [-0.25, -0.2) is 0 Å². The van der Waals surface area contributed by atoms with E-state index in [1.54, 1.807) is 16.7 Å². The number of thioether (sulfide) groups is 1. The number of anilines is 1. The van der Waals surface area contributed by atoms with Gasteiger partial charge < -0.3 is 4.90 Å². The van der Waals surface area contributed by atoms with E-state index in [0.29, 0.717) is 25.3 Å². The quantitative estimate of drug-likeness (QED) is 0.856. The molecular weight excluding hydrogens is 296 g/mol. The van der Waals surface area contributed by atoms with Crippen LogP contribution in [0.1, 0.15) is 33.6 Å². The lowest BCUT2D eigenvalue weighted by molar-refractivity contribution is -0.134. The van der Waals surface area contributed by atoms with Gasteiger partial charge in [0.1, 0.15) is 0 Å². The third-order valence-corrected chi connectivity index (χ3v) is 5.73. The van der Waals surface area contributed by atoms with E-state index in [2.05, 4.69) is 13.8 Å². The first-order valence-corrected chi connectivity index (χ1v) is 8.71. The standard InChI is InChI=1S/C17H22N2O2S/c1-4-18(11-12(2)3)16(21)17-10-9-15(20)19(17)13-7-5-6-8-14(13)22-17/h5-8,12H,4,9-11H2,1-3H3. The molecule has 1 fully saturated rings. The van der Waals surface area contributed by atoms with Crippen LogP contribution in [0.3, 0.4) is 0 Å². The van der Waals surface area contributed by atoms with Crippen LogP contribution in [0.15, 0.2) is 29.2 Å². The van der Waals surface area contributed by atoms with E-state index in [1.807, 2.05) is 36.1 Å². The Morgan fingerprint density at radius 3 is 2.82 bits per heavy atom. The molecule has 0 saturated carbocycles. The number of nitrogens with zero attached hydrogens (tertiary/aromatic N) is 2. The number of carbonyl (C=O) groups is 2. The maximum atomic E-state index is 13.2. The minimum atomic E-state index is -0.758. The lowest BCUT2D eigenvalue weighted by atomic mass is 10.1. The van der Waals surface area contributed by atoms with Crippen molar-refractivity contribution in [3.05, 3.63) is 24.3 Å². The molecule has 0 spiro atoms. The molecule has 1 unspecified atom stereocenters. The lowest BCUT2D eigenvalue weighted by Crippen LogP contribution is -2.54. The Hall–Kier alpha value is -1.49. The highest BCUT2D eigenvalue weighted by atomic mass is 32.2. The van der Waals surface area contributed by atoms with Crippen LogP contribution in [-0.4, -0.2) is 34.7 Å². The van der Waals surface area contributed by atoms with E-state index in [4.69, 9.17) is 0 Å². The van der Waals surface area contributed by atoms with Gasteiger partial charge in [-0.1, -0.05) is 37.7 Å². The van der Waals surface area contributed by atoms with Crippen LogP contribution in [-0.2, 0) is 9.59 Å². The van der Waals surface area contributed by atoms with Gasteiger partial charge in [-0.2, -0.15) is 0 Å². The van der Waals surface area contributed by atoms with Gasteiger partial charge in [-0.15, -0.1) is 0 Å². The van der Waals surface area contributed by atoms with Crippen LogP contribution in [0.5, 0.6) is 0 Å². The molecule has 2 aliphatic heterocycles. The van der Waals surface area contributed by atoms with Crippen LogP contribution < -0.4 is 4.90 Å². The number of carbonyl (C=O) groups excluding carboxylic acids is 2. The zero-order valence-corrected chi connectivity index (χ0v) is 14.2. The van der Waals surface area contributed by atoms with Gasteiger partial charge in [0.25, 0.3) is 5.91 Å². The Balaban J connectivity index is 1.98. The summed E-state index contributed by atoms with van der Waals surface area (Å²) in [5, 5.41) is 0. The van der Waals surface area contributed by atoms with Crippen molar-refractivity contribution in [2.45, 2.75) is 43.4 Å². The molecule has 0 radical (unpaired) electrons. The monoisotopic (exact) mass is 318 g/mol. The summed E-state index contributed by atoms with van der Waals surface area (Å²) in [4.78, 5) is 29.6. The first-order chi connectivity index (χ1) is 10.5. The van der Waals surface area contributed by atoms with E-state index < -0.39 is 4.87 Å². The zero-order valence-electron chi connectivity index (χ0n) is 13.3. The second kappa shape index (κ2) is 5.61. The summed E-state index contributed by atoms with van der Waals surface area (Å²) in [6, 6.07) is 7.83. The molecule has 4 nitrogen and oxygen atoms in total. The average Bonchev–Trinajstić information content (AvgIpc) is 3.00.